The van der Waals surface area contributed by atoms with E-state index in [1.165, 1.54) is 19.2 Å². The van der Waals surface area contributed by atoms with Crippen molar-refractivity contribution >= 4 is 17.3 Å². The maximum atomic E-state index is 12.4. The average molecular weight is 373 g/mol. The summed E-state index contributed by atoms with van der Waals surface area (Å²) in [4.78, 5) is 24.9. The number of nitrogens with zero attached hydrogens (tertiary/aromatic N) is 2. The first-order valence-corrected chi connectivity index (χ1v) is 8.32. The molecule has 1 atom stereocenters. The molecule has 2 rings (SSSR count). The lowest BCUT2D eigenvalue weighted by atomic mass is 10.1. The maximum Gasteiger partial charge on any atom is 0.296 e. The van der Waals surface area contributed by atoms with Crippen molar-refractivity contribution in [2.45, 2.75) is 13.0 Å². The number of ether oxygens (including phenoxy) is 2. The summed E-state index contributed by atoms with van der Waals surface area (Å²) in [6.07, 6.45) is 0. The van der Waals surface area contributed by atoms with Crippen molar-refractivity contribution < 1.29 is 19.2 Å². The van der Waals surface area contributed by atoms with Gasteiger partial charge < -0.3 is 14.8 Å². The van der Waals surface area contributed by atoms with Crippen molar-refractivity contribution in [1.82, 2.24) is 4.90 Å². The van der Waals surface area contributed by atoms with Crippen molar-refractivity contribution in [3.63, 3.8) is 0 Å². The van der Waals surface area contributed by atoms with Gasteiger partial charge in [0.1, 0.15) is 17.2 Å². The van der Waals surface area contributed by atoms with Crippen LogP contribution in [0.4, 0.5) is 11.4 Å². The number of nitro groups is 1. The van der Waals surface area contributed by atoms with Gasteiger partial charge in [0.2, 0.25) is 5.91 Å². The van der Waals surface area contributed by atoms with E-state index in [0.29, 0.717) is 5.75 Å². The van der Waals surface area contributed by atoms with Gasteiger partial charge in [-0.2, -0.15) is 0 Å². The fourth-order valence-electron chi connectivity index (χ4n) is 2.59. The number of benzene rings is 2. The second kappa shape index (κ2) is 9.00. The Bertz CT molecular complexity index is 807. The fraction of sp³-hybridized carbons (Fsp3) is 0.316. The lowest BCUT2D eigenvalue weighted by Gasteiger charge is -2.24. The molecule has 0 aliphatic carbocycles. The van der Waals surface area contributed by atoms with Crippen LogP contribution in [-0.2, 0) is 4.79 Å². The van der Waals surface area contributed by atoms with Crippen LogP contribution < -0.4 is 14.8 Å². The van der Waals surface area contributed by atoms with Crippen molar-refractivity contribution in [3.8, 4) is 11.5 Å². The summed E-state index contributed by atoms with van der Waals surface area (Å²) in [5.74, 6) is 0.772. The number of methoxy groups -OCH3 is 2. The highest BCUT2D eigenvalue weighted by Crippen LogP contribution is 2.29. The number of hydrogen-bond acceptors (Lipinski definition) is 6. The van der Waals surface area contributed by atoms with Gasteiger partial charge in [-0.15, -0.1) is 0 Å². The molecule has 0 aromatic heterocycles. The van der Waals surface area contributed by atoms with Gasteiger partial charge in [-0.05, 0) is 43.8 Å². The lowest BCUT2D eigenvalue weighted by Crippen LogP contribution is -2.32. The first kappa shape index (κ1) is 20.2. The van der Waals surface area contributed by atoms with Gasteiger partial charge in [-0.3, -0.25) is 19.8 Å². The van der Waals surface area contributed by atoms with Crippen LogP contribution in [0.3, 0.4) is 0 Å². The molecule has 8 nitrogen and oxygen atoms in total. The Morgan fingerprint density at radius 2 is 1.74 bits per heavy atom. The topological polar surface area (TPSA) is 93.9 Å². The molecule has 1 unspecified atom stereocenters. The molecule has 8 heteroatoms. The van der Waals surface area contributed by atoms with E-state index >= 15 is 0 Å². The van der Waals surface area contributed by atoms with E-state index in [1.807, 2.05) is 43.1 Å². The third-order valence-electron chi connectivity index (χ3n) is 4.33. The second-order valence-electron chi connectivity index (χ2n) is 6.05. The largest absolute Gasteiger partial charge is 0.497 e. The van der Waals surface area contributed by atoms with E-state index < -0.39 is 4.92 Å². The van der Waals surface area contributed by atoms with E-state index in [-0.39, 0.29) is 29.9 Å². The number of nitrogens with one attached hydrogen (secondary N) is 1. The molecule has 2 aromatic rings. The number of amides is 1. The van der Waals surface area contributed by atoms with Gasteiger partial charge in [0.05, 0.1) is 31.8 Å². The number of carbonyl (C=O) groups is 1. The first-order chi connectivity index (χ1) is 12.8. The number of hydrogen-bond donors (Lipinski definition) is 1. The van der Waals surface area contributed by atoms with Crippen LogP contribution in [0.1, 0.15) is 18.5 Å². The van der Waals surface area contributed by atoms with E-state index in [1.54, 1.807) is 13.2 Å². The average Bonchev–Trinajstić information content (AvgIpc) is 2.67. The Kier molecular flexibility index (Phi) is 6.73. The normalized spacial score (nSPS) is 11.7. The lowest BCUT2D eigenvalue weighted by molar-refractivity contribution is -0.384. The van der Waals surface area contributed by atoms with Gasteiger partial charge >= 0.3 is 0 Å². The highest BCUT2D eigenvalue weighted by molar-refractivity contribution is 5.94. The molecule has 0 heterocycles. The summed E-state index contributed by atoms with van der Waals surface area (Å²) in [7, 11) is 4.84. The predicted octanol–water partition coefficient (Wildman–Crippen LogP) is 3.24. The molecule has 1 N–H and O–H groups in total. The zero-order chi connectivity index (χ0) is 20.0. The summed E-state index contributed by atoms with van der Waals surface area (Å²) in [5.41, 5.74) is 0.950. The third kappa shape index (κ3) is 5.18. The maximum absolute atomic E-state index is 12.4. The van der Waals surface area contributed by atoms with Crippen LogP contribution >= 0.6 is 0 Å². The van der Waals surface area contributed by atoms with E-state index in [9.17, 15) is 14.9 Å². The number of likely N-dealkylation sites (N-methyl/N-ethyl adjacent to an activating group) is 1. The Morgan fingerprint density at radius 3 is 2.30 bits per heavy atom. The van der Waals surface area contributed by atoms with Gasteiger partial charge in [0.25, 0.3) is 5.69 Å². The van der Waals surface area contributed by atoms with E-state index in [4.69, 9.17) is 9.47 Å². The molecule has 2 aromatic carbocycles. The Labute approximate surface area is 157 Å². The van der Waals surface area contributed by atoms with Crippen molar-refractivity contribution in [1.29, 1.82) is 0 Å². The van der Waals surface area contributed by atoms with Gasteiger partial charge in [-0.1, -0.05) is 12.1 Å². The third-order valence-corrected chi connectivity index (χ3v) is 4.33. The summed E-state index contributed by atoms with van der Waals surface area (Å²) in [5, 5.41) is 13.8. The molecule has 0 aliphatic rings. The molecule has 0 saturated heterocycles. The standard InChI is InChI=1S/C19H23N3O5/c1-13(14-5-7-15(26-3)8-6-14)21(2)12-19(23)20-17-10-9-16(27-4)11-18(17)22(24)25/h5-11,13H,12H2,1-4H3,(H,20,23). The zero-order valence-corrected chi connectivity index (χ0v) is 15.8. The molecule has 0 aliphatic heterocycles. The molecular formula is C19H23N3O5. The smallest absolute Gasteiger partial charge is 0.296 e. The van der Waals surface area contributed by atoms with E-state index in [2.05, 4.69) is 5.32 Å². The van der Waals surface area contributed by atoms with Crippen molar-refractivity contribution in [2.75, 3.05) is 33.1 Å². The Balaban J connectivity index is 2.05. The molecule has 1 amide bonds. The highest BCUT2D eigenvalue weighted by Gasteiger charge is 2.20. The summed E-state index contributed by atoms with van der Waals surface area (Å²) < 4.78 is 10.1. The predicted molar refractivity (Wildman–Crippen MR) is 102 cm³/mol. The molecule has 0 saturated carbocycles. The van der Waals surface area contributed by atoms with E-state index in [0.717, 1.165) is 11.3 Å². The van der Waals surface area contributed by atoms with Crippen LogP contribution in [0.25, 0.3) is 0 Å². The summed E-state index contributed by atoms with van der Waals surface area (Å²) in [6, 6.07) is 11.9. The SMILES string of the molecule is COc1ccc(C(C)N(C)CC(=O)Nc2ccc(OC)cc2[N+](=O)[O-])cc1. The Morgan fingerprint density at radius 1 is 1.15 bits per heavy atom. The van der Waals surface area contributed by atoms with Gasteiger partial charge in [-0.25, -0.2) is 0 Å². The summed E-state index contributed by atoms with van der Waals surface area (Å²) >= 11 is 0. The molecule has 27 heavy (non-hydrogen) atoms. The van der Waals surface area contributed by atoms with Crippen LogP contribution in [0.2, 0.25) is 0 Å². The van der Waals surface area contributed by atoms with Crippen molar-refractivity contribution in [3.05, 3.63) is 58.1 Å². The minimum Gasteiger partial charge on any atom is -0.497 e. The highest BCUT2D eigenvalue weighted by atomic mass is 16.6. The minimum absolute atomic E-state index is 0.0208. The number of anilines is 1. The molecule has 144 valence electrons. The zero-order valence-electron chi connectivity index (χ0n) is 15.8. The quantitative estimate of drug-likeness (QED) is 0.564. The number of carbonyl (C=O) groups excluding carboxylic acids is 1. The van der Waals surface area contributed by atoms with Crippen molar-refractivity contribution in [2.24, 2.45) is 0 Å². The number of nitro benzene ring substituents is 1. The second-order valence-corrected chi connectivity index (χ2v) is 6.05. The monoisotopic (exact) mass is 373 g/mol. The molecule has 0 bridgehead atoms. The van der Waals surface area contributed by atoms with Gasteiger partial charge in [0, 0.05) is 6.04 Å². The van der Waals surface area contributed by atoms with Crippen LogP contribution in [0.5, 0.6) is 11.5 Å². The van der Waals surface area contributed by atoms with Gasteiger partial charge in [0.15, 0.2) is 0 Å². The summed E-state index contributed by atoms with van der Waals surface area (Å²) in [6.45, 7) is 2.06. The molecule has 0 fully saturated rings. The number of rotatable bonds is 8. The van der Waals surface area contributed by atoms with Crippen LogP contribution in [-0.4, -0.2) is 43.5 Å². The first-order valence-electron chi connectivity index (χ1n) is 8.32. The van der Waals surface area contributed by atoms with Crippen LogP contribution in [0, 0.1) is 10.1 Å². The molecule has 0 spiro atoms. The molecule has 0 radical (unpaired) electrons. The molecular weight excluding hydrogens is 350 g/mol. The minimum atomic E-state index is -0.554. The Hall–Kier alpha value is -3.13. The van der Waals surface area contributed by atoms with Crippen LogP contribution in [0.15, 0.2) is 42.5 Å². The fourth-order valence-corrected chi connectivity index (χ4v) is 2.59.